The molecule has 1 aromatic heterocycles. The molecule has 1 aromatic rings. The molecule has 2 N–H and O–H groups in total. The van der Waals surface area contributed by atoms with E-state index >= 15 is 0 Å². The Kier molecular flexibility index (Phi) is 4.78. The molecule has 1 aliphatic heterocycles. The maximum absolute atomic E-state index is 11.8. The lowest BCUT2D eigenvalue weighted by molar-refractivity contribution is -0.123. The Morgan fingerprint density at radius 1 is 1.50 bits per heavy atom. The first kappa shape index (κ1) is 13.6. The molecule has 0 bridgehead atoms. The quantitative estimate of drug-likeness (QED) is 0.877. The van der Waals surface area contributed by atoms with Crippen LogP contribution in [-0.2, 0) is 11.2 Å². The highest BCUT2D eigenvalue weighted by Gasteiger charge is 2.21. The molecule has 3 nitrogen and oxygen atoms in total. The van der Waals surface area contributed by atoms with Crippen LogP contribution >= 0.6 is 11.3 Å². The van der Waals surface area contributed by atoms with Crippen LogP contribution in [0.15, 0.2) is 12.1 Å². The molecule has 0 spiro atoms. The molecule has 2 atom stereocenters. The Bertz CT molecular complexity index is 402. The van der Waals surface area contributed by atoms with Gasteiger partial charge in [-0.15, -0.1) is 11.3 Å². The lowest BCUT2D eigenvalue weighted by atomic mass is 10.1. The zero-order valence-corrected chi connectivity index (χ0v) is 12.0. The molecule has 2 unspecified atom stereocenters. The molecule has 0 aliphatic carbocycles. The molecular formula is C14H22N2OS. The van der Waals surface area contributed by atoms with Gasteiger partial charge in [0.2, 0.25) is 5.91 Å². The van der Waals surface area contributed by atoms with Gasteiger partial charge in [-0.25, -0.2) is 0 Å². The van der Waals surface area contributed by atoms with Crippen molar-refractivity contribution in [1.82, 2.24) is 10.6 Å². The van der Waals surface area contributed by atoms with Gasteiger partial charge in [0.1, 0.15) is 0 Å². The van der Waals surface area contributed by atoms with E-state index in [4.69, 9.17) is 0 Å². The fourth-order valence-corrected chi connectivity index (χ4v) is 3.42. The molecule has 4 heteroatoms. The fourth-order valence-electron chi connectivity index (χ4n) is 2.40. The van der Waals surface area contributed by atoms with E-state index in [1.807, 2.05) is 11.3 Å². The molecule has 2 rings (SSSR count). The summed E-state index contributed by atoms with van der Waals surface area (Å²) in [5.41, 5.74) is 0. The fraction of sp³-hybridized carbons (Fsp3) is 0.643. The van der Waals surface area contributed by atoms with Crippen LogP contribution < -0.4 is 10.6 Å². The summed E-state index contributed by atoms with van der Waals surface area (Å²) in [5.74, 6) is 0.168. The Balaban J connectivity index is 1.85. The SMILES string of the molecule is Cc1ccc(CC(C)NC2CCCCNC2=O)s1. The van der Waals surface area contributed by atoms with Crippen molar-refractivity contribution >= 4 is 17.2 Å². The maximum atomic E-state index is 11.8. The summed E-state index contributed by atoms with van der Waals surface area (Å²) in [6.07, 6.45) is 4.19. The zero-order chi connectivity index (χ0) is 13.0. The van der Waals surface area contributed by atoms with Crippen molar-refractivity contribution in [2.24, 2.45) is 0 Å². The van der Waals surface area contributed by atoms with E-state index in [0.717, 1.165) is 32.2 Å². The highest BCUT2D eigenvalue weighted by atomic mass is 32.1. The van der Waals surface area contributed by atoms with Crippen LogP contribution in [0.5, 0.6) is 0 Å². The lowest BCUT2D eigenvalue weighted by Gasteiger charge is -2.20. The van der Waals surface area contributed by atoms with E-state index in [-0.39, 0.29) is 11.9 Å². The predicted molar refractivity (Wildman–Crippen MR) is 76.0 cm³/mol. The molecule has 0 radical (unpaired) electrons. The topological polar surface area (TPSA) is 41.1 Å². The van der Waals surface area contributed by atoms with Crippen molar-refractivity contribution in [3.05, 3.63) is 21.9 Å². The van der Waals surface area contributed by atoms with Gasteiger partial charge in [-0.3, -0.25) is 4.79 Å². The first-order chi connectivity index (χ1) is 8.65. The molecule has 0 aromatic carbocycles. The summed E-state index contributed by atoms with van der Waals surface area (Å²) in [4.78, 5) is 14.6. The molecule has 2 heterocycles. The van der Waals surface area contributed by atoms with Crippen molar-refractivity contribution < 1.29 is 4.79 Å². The Labute approximate surface area is 113 Å². The number of nitrogens with one attached hydrogen (secondary N) is 2. The van der Waals surface area contributed by atoms with Crippen molar-refractivity contribution in [2.75, 3.05) is 6.54 Å². The summed E-state index contributed by atoms with van der Waals surface area (Å²) >= 11 is 1.84. The maximum Gasteiger partial charge on any atom is 0.237 e. The summed E-state index contributed by atoms with van der Waals surface area (Å²) < 4.78 is 0. The van der Waals surface area contributed by atoms with Gasteiger partial charge in [-0.05, 0) is 51.7 Å². The van der Waals surface area contributed by atoms with E-state index in [1.165, 1.54) is 9.75 Å². The number of hydrogen-bond donors (Lipinski definition) is 2. The summed E-state index contributed by atoms with van der Waals surface area (Å²) in [7, 11) is 0. The standard InChI is InChI=1S/C14H22N2OS/c1-10(9-12-7-6-11(2)18-12)16-13-5-3-4-8-15-14(13)17/h6-7,10,13,16H,3-5,8-9H2,1-2H3,(H,15,17). The average molecular weight is 266 g/mol. The Hall–Kier alpha value is -0.870. The van der Waals surface area contributed by atoms with Crippen molar-refractivity contribution in [3.8, 4) is 0 Å². The van der Waals surface area contributed by atoms with Gasteiger partial charge in [0.25, 0.3) is 0 Å². The summed E-state index contributed by atoms with van der Waals surface area (Å²) in [6, 6.07) is 4.68. The van der Waals surface area contributed by atoms with Crippen LogP contribution in [0.4, 0.5) is 0 Å². The molecule has 0 saturated carbocycles. The Morgan fingerprint density at radius 3 is 3.06 bits per heavy atom. The van der Waals surface area contributed by atoms with Crippen LogP contribution in [0, 0.1) is 6.92 Å². The third-order valence-electron chi connectivity index (χ3n) is 3.32. The number of carbonyl (C=O) groups is 1. The minimum absolute atomic E-state index is 0.0106. The van der Waals surface area contributed by atoms with Gasteiger partial charge < -0.3 is 10.6 Å². The monoisotopic (exact) mass is 266 g/mol. The first-order valence-electron chi connectivity index (χ1n) is 6.74. The molecular weight excluding hydrogens is 244 g/mol. The molecule has 1 amide bonds. The van der Waals surface area contributed by atoms with E-state index < -0.39 is 0 Å². The smallest absolute Gasteiger partial charge is 0.237 e. The second-order valence-corrected chi connectivity index (χ2v) is 6.50. The second kappa shape index (κ2) is 6.34. The minimum atomic E-state index is -0.0106. The summed E-state index contributed by atoms with van der Waals surface area (Å²) in [6.45, 7) is 5.12. The number of thiophene rings is 1. The van der Waals surface area contributed by atoms with Crippen LogP contribution in [0.25, 0.3) is 0 Å². The average Bonchev–Trinajstić information content (AvgIpc) is 2.61. The van der Waals surface area contributed by atoms with Gasteiger partial charge in [0, 0.05) is 22.3 Å². The van der Waals surface area contributed by atoms with E-state index in [2.05, 4.69) is 36.6 Å². The number of aryl methyl sites for hydroxylation is 1. The van der Waals surface area contributed by atoms with E-state index in [1.54, 1.807) is 0 Å². The van der Waals surface area contributed by atoms with Crippen LogP contribution in [-0.4, -0.2) is 24.5 Å². The highest BCUT2D eigenvalue weighted by Crippen LogP contribution is 2.17. The normalized spacial score (nSPS) is 22.3. The second-order valence-electron chi connectivity index (χ2n) is 5.12. The van der Waals surface area contributed by atoms with Crippen molar-refractivity contribution in [2.45, 2.75) is 51.6 Å². The van der Waals surface area contributed by atoms with Gasteiger partial charge in [-0.1, -0.05) is 0 Å². The molecule has 18 heavy (non-hydrogen) atoms. The first-order valence-corrected chi connectivity index (χ1v) is 7.56. The van der Waals surface area contributed by atoms with Crippen LogP contribution in [0.3, 0.4) is 0 Å². The van der Waals surface area contributed by atoms with Crippen LogP contribution in [0.2, 0.25) is 0 Å². The van der Waals surface area contributed by atoms with E-state index in [0.29, 0.717) is 6.04 Å². The van der Waals surface area contributed by atoms with Crippen molar-refractivity contribution in [3.63, 3.8) is 0 Å². The van der Waals surface area contributed by atoms with Crippen molar-refractivity contribution in [1.29, 1.82) is 0 Å². The zero-order valence-electron chi connectivity index (χ0n) is 11.2. The Morgan fingerprint density at radius 2 is 2.33 bits per heavy atom. The third kappa shape index (κ3) is 3.82. The molecule has 100 valence electrons. The van der Waals surface area contributed by atoms with Gasteiger partial charge >= 0.3 is 0 Å². The number of amides is 1. The molecule has 1 saturated heterocycles. The van der Waals surface area contributed by atoms with E-state index in [9.17, 15) is 4.79 Å². The molecule has 1 fully saturated rings. The minimum Gasteiger partial charge on any atom is -0.355 e. The highest BCUT2D eigenvalue weighted by molar-refractivity contribution is 7.11. The van der Waals surface area contributed by atoms with Gasteiger partial charge in [0.05, 0.1) is 6.04 Å². The largest absolute Gasteiger partial charge is 0.355 e. The summed E-state index contributed by atoms with van der Waals surface area (Å²) in [5, 5.41) is 6.43. The number of carbonyl (C=O) groups excluding carboxylic acids is 1. The number of hydrogen-bond acceptors (Lipinski definition) is 3. The van der Waals surface area contributed by atoms with Gasteiger partial charge in [0.15, 0.2) is 0 Å². The number of rotatable bonds is 4. The van der Waals surface area contributed by atoms with Gasteiger partial charge in [-0.2, -0.15) is 0 Å². The molecule has 1 aliphatic rings. The predicted octanol–water partition coefficient (Wildman–Crippen LogP) is 2.25. The lowest BCUT2D eigenvalue weighted by Crippen LogP contribution is -2.46. The third-order valence-corrected chi connectivity index (χ3v) is 4.35. The van der Waals surface area contributed by atoms with Crippen LogP contribution in [0.1, 0.15) is 35.9 Å².